The number of aliphatic hydroxyl groups excluding tert-OH is 1. The molecule has 3 amide bonds. The highest BCUT2D eigenvalue weighted by molar-refractivity contribution is 6.01. The number of hydrogen-bond donors (Lipinski definition) is 2. The van der Waals surface area contributed by atoms with Gasteiger partial charge in [0.25, 0.3) is 0 Å². The number of nitrogens with one attached hydrogen (secondary N) is 1. The van der Waals surface area contributed by atoms with E-state index in [1.807, 2.05) is 0 Å². The predicted molar refractivity (Wildman–Crippen MR) is 67.2 cm³/mol. The monoisotopic (exact) mass is 282 g/mol. The molecule has 1 saturated heterocycles. The van der Waals surface area contributed by atoms with Gasteiger partial charge in [0.2, 0.25) is 5.91 Å². The number of nitrogens with zero attached hydrogens (tertiary/aromatic N) is 1. The van der Waals surface area contributed by atoms with Crippen molar-refractivity contribution in [1.82, 2.24) is 10.2 Å². The van der Waals surface area contributed by atoms with Crippen LogP contribution in [0.3, 0.4) is 0 Å². The van der Waals surface area contributed by atoms with E-state index in [0.29, 0.717) is 5.56 Å². The van der Waals surface area contributed by atoms with Crippen molar-refractivity contribution >= 4 is 11.9 Å². The summed E-state index contributed by atoms with van der Waals surface area (Å²) in [6, 6.07) is 5.64. The van der Waals surface area contributed by atoms with Crippen molar-refractivity contribution in [2.75, 3.05) is 19.7 Å². The molecule has 6 nitrogen and oxygen atoms in total. The predicted octanol–water partition coefficient (Wildman–Crippen LogP) is 0.255. The standard InChI is InChI=1S/C13H15FN2O4/c14-11-4-2-1-3-9(11)7-20-8-10(17)6-16-12(18)5-15-13(16)19/h1-4,10,17H,5-8H2,(H,15,19)/t10-/m0/s1. The number of amides is 3. The van der Waals surface area contributed by atoms with Gasteiger partial charge in [-0.05, 0) is 6.07 Å². The second-order valence-corrected chi connectivity index (χ2v) is 4.42. The maximum absolute atomic E-state index is 13.3. The third-order valence-electron chi connectivity index (χ3n) is 2.86. The van der Waals surface area contributed by atoms with Gasteiger partial charge in [0, 0.05) is 5.56 Å². The van der Waals surface area contributed by atoms with Gasteiger partial charge in [-0.25, -0.2) is 9.18 Å². The summed E-state index contributed by atoms with van der Waals surface area (Å²) in [6.45, 7) is -0.265. The number of aliphatic hydroxyl groups is 1. The van der Waals surface area contributed by atoms with Crippen LogP contribution in [0.4, 0.5) is 9.18 Å². The fraction of sp³-hybridized carbons (Fsp3) is 0.385. The number of hydrogen-bond acceptors (Lipinski definition) is 4. The fourth-order valence-corrected chi connectivity index (χ4v) is 1.82. The van der Waals surface area contributed by atoms with Gasteiger partial charge < -0.3 is 15.2 Å². The SMILES string of the molecule is O=C1CNC(=O)N1C[C@H](O)COCc1ccccc1F. The molecule has 1 fully saturated rings. The maximum atomic E-state index is 13.3. The molecule has 1 aliphatic heterocycles. The van der Waals surface area contributed by atoms with Crippen LogP contribution >= 0.6 is 0 Å². The third-order valence-corrected chi connectivity index (χ3v) is 2.86. The summed E-state index contributed by atoms with van der Waals surface area (Å²) in [5, 5.41) is 12.0. The molecule has 2 rings (SSSR count). The summed E-state index contributed by atoms with van der Waals surface area (Å²) < 4.78 is 18.5. The van der Waals surface area contributed by atoms with Crippen molar-refractivity contribution in [2.24, 2.45) is 0 Å². The third kappa shape index (κ3) is 3.52. The number of urea groups is 1. The van der Waals surface area contributed by atoms with Crippen LogP contribution in [0.5, 0.6) is 0 Å². The van der Waals surface area contributed by atoms with Crippen molar-refractivity contribution in [1.29, 1.82) is 0 Å². The highest BCUT2D eigenvalue weighted by atomic mass is 19.1. The van der Waals surface area contributed by atoms with Crippen LogP contribution in [-0.4, -0.2) is 47.7 Å². The van der Waals surface area contributed by atoms with Gasteiger partial charge in [-0.1, -0.05) is 18.2 Å². The smallest absolute Gasteiger partial charge is 0.324 e. The van der Waals surface area contributed by atoms with Gasteiger partial charge in [0.1, 0.15) is 5.82 Å². The van der Waals surface area contributed by atoms with Gasteiger partial charge in [0.15, 0.2) is 0 Å². The Kier molecular flexibility index (Phi) is 4.65. The van der Waals surface area contributed by atoms with Crippen LogP contribution in [0, 0.1) is 5.82 Å². The molecule has 0 unspecified atom stereocenters. The van der Waals surface area contributed by atoms with E-state index in [0.717, 1.165) is 4.90 Å². The van der Waals surface area contributed by atoms with Gasteiger partial charge in [-0.15, -0.1) is 0 Å². The van der Waals surface area contributed by atoms with Crippen molar-refractivity contribution < 1.29 is 23.8 Å². The largest absolute Gasteiger partial charge is 0.389 e. The minimum absolute atomic E-state index is 0.0177. The molecule has 0 saturated carbocycles. The van der Waals surface area contributed by atoms with Crippen LogP contribution in [0.2, 0.25) is 0 Å². The number of carbonyl (C=O) groups excluding carboxylic acids is 2. The highest BCUT2D eigenvalue weighted by Crippen LogP contribution is 2.08. The van der Waals surface area contributed by atoms with Gasteiger partial charge in [0.05, 0.1) is 32.4 Å². The Balaban J connectivity index is 1.75. The van der Waals surface area contributed by atoms with Crippen LogP contribution in [0.15, 0.2) is 24.3 Å². The summed E-state index contributed by atoms with van der Waals surface area (Å²) in [5.41, 5.74) is 0.384. The molecule has 1 heterocycles. The minimum Gasteiger partial charge on any atom is -0.389 e. The normalized spacial score (nSPS) is 16.4. The Morgan fingerprint density at radius 2 is 2.15 bits per heavy atom. The zero-order valence-electron chi connectivity index (χ0n) is 10.7. The number of halogens is 1. The van der Waals surface area contributed by atoms with Crippen molar-refractivity contribution in [3.05, 3.63) is 35.6 Å². The lowest BCUT2D eigenvalue weighted by Gasteiger charge is -2.17. The Morgan fingerprint density at radius 3 is 2.80 bits per heavy atom. The molecular formula is C13H15FN2O4. The molecule has 0 aromatic heterocycles. The van der Waals surface area contributed by atoms with E-state index in [2.05, 4.69) is 5.32 Å². The molecule has 108 valence electrons. The first-order valence-corrected chi connectivity index (χ1v) is 6.15. The van der Waals surface area contributed by atoms with Gasteiger partial charge in [-0.2, -0.15) is 0 Å². The van der Waals surface area contributed by atoms with E-state index in [1.54, 1.807) is 18.2 Å². The Labute approximate surface area is 115 Å². The average Bonchev–Trinajstić information content (AvgIpc) is 2.73. The molecule has 0 bridgehead atoms. The van der Waals surface area contributed by atoms with E-state index < -0.39 is 12.1 Å². The van der Waals surface area contributed by atoms with E-state index in [4.69, 9.17) is 4.74 Å². The average molecular weight is 282 g/mol. The Morgan fingerprint density at radius 1 is 1.40 bits per heavy atom. The van der Waals surface area contributed by atoms with Crippen LogP contribution in [0.1, 0.15) is 5.56 Å². The van der Waals surface area contributed by atoms with E-state index in [1.165, 1.54) is 6.07 Å². The molecule has 2 N–H and O–H groups in total. The number of carbonyl (C=O) groups is 2. The first kappa shape index (κ1) is 14.4. The van der Waals surface area contributed by atoms with Crippen molar-refractivity contribution in [2.45, 2.75) is 12.7 Å². The van der Waals surface area contributed by atoms with E-state index in [9.17, 15) is 19.1 Å². The number of β-amino-alcohol motifs (C(OH)–C–C–N with tert-alkyl or cyclic N) is 1. The molecule has 0 radical (unpaired) electrons. The zero-order valence-corrected chi connectivity index (χ0v) is 10.7. The fourth-order valence-electron chi connectivity index (χ4n) is 1.82. The first-order chi connectivity index (χ1) is 9.58. The van der Waals surface area contributed by atoms with Crippen molar-refractivity contribution in [3.63, 3.8) is 0 Å². The lowest BCUT2D eigenvalue weighted by molar-refractivity contribution is -0.126. The van der Waals surface area contributed by atoms with E-state index >= 15 is 0 Å². The van der Waals surface area contributed by atoms with Crippen LogP contribution in [-0.2, 0) is 16.1 Å². The summed E-state index contributed by atoms with van der Waals surface area (Å²) in [5.74, 6) is -0.765. The topological polar surface area (TPSA) is 78.9 Å². The minimum atomic E-state index is -1.01. The molecule has 1 aliphatic rings. The molecule has 7 heteroatoms. The number of imide groups is 1. The molecular weight excluding hydrogens is 267 g/mol. The number of rotatable bonds is 6. The zero-order chi connectivity index (χ0) is 14.5. The summed E-state index contributed by atoms with van der Waals surface area (Å²) >= 11 is 0. The maximum Gasteiger partial charge on any atom is 0.324 e. The molecule has 1 atom stereocenters. The lowest BCUT2D eigenvalue weighted by atomic mass is 10.2. The van der Waals surface area contributed by atoms with Gasteiger partial charge in [-0.3, -0.25) is 9.69 Å². The summed E-state index contributed by atoms with van der Waals surface area (Å²) in [6.07, 6.45) is -1.01. The molecule has 1 aromatic carbocycles. The molecule has 0 aliphatic carbocycles. The number of benzene rings is 1. The lowest BCUT2D eigenvalue weighted by Crippen LogP contribution is -2.39. The Hall–Kier alpha value is -1.99. The summed E-state index contributed by atoms with van der Waals surface area (Å²) in [4.78, 5) is 23.5. The second-order valence-electron chi connectivity index (χ2n) is 4.42. The van der Waals surface area contributed by atoms with Gasteiger partial charge >= 0.3 is 6.03 Å². The molecule has 20 heavy (non-hydrogen) atoms. The quantitative estimate of drug-likeness (QED) is 0.733. The molecule has 1 aromatic rings. The Bertz CT molecular complexity index is 493. The second kappa shape index (κ2) is 6.44. The number of ether oxygens (including phenoxy) is 1. The van der Waals surface area contributed by atoms with Crippen LogP contribution in [0.25, 0.3) is 0 Å². The first-order valence-electron chi connectivity index (χ1n) is 6.15. The van der Waals surface area contributed by atoms with Crippen molar-refractivity contribution in [3.8, 4) is 0 Å². The summed E-state index contributed by atoms with van der Waals surface area (Å²) in [7, 11) is 0. The molecule has 0 spiro atoms. The van der Waals surface area contributed by atoms with Crippen LogP contribution < -0.4 is 5.32 Å². The van der Waals surface area contributed by atoms with E-state index in [-0.39, 0.29) is 38.0 Å². The highest BCUT2D eigenvalue weighted by Gasteiger charge is 2.30.